The molecule has 0 saturated heterocycles. The second kappa shape index (κ2) is 14.5. The van der Waals surface area contributed by atoms with E-state index in [9.17, 15) is 9.59 Å². The van der Waals surface area contributed by atoms with Crippen LogP contribution in [0, 0.1) is 5.82 Å². The van der Waals surface area contributed by atoms with Crippen LogP contribution in [-0.2, 0) is 22.7 Å². The van der Waals surface area contributed by atoms with Gasteiger partial charge in [0, 0.05) is 18.2 Å². The summed E-state index contributed by atoms with van der Waals surface area (Å²) in [6.45, 7) is -0.568. The van der Waals surface area contributed by atoms with E-state index in [1.54, 1.807) is 66.7 Å². The Kier molecular flexibility index (Phi) is 10.0. The van der Waals surface area contributed by atoms with Crippen LogP contribution >= 0.6 is 0 Å². The molecule has 12 nitrogen and oxygen atoms in total. The maximum Gasteiger partial charge on any atom is 0.251 e. The van der Waals surface area contributed by atoms with Gasteiger partial charge in [-0.15, -0.1) is 5.10 Å². The molecule has 0 aliphatic heterocycles. The third kappa shape index (κ3) is 6.88. The van der Waals surface area contributed by atoms with Gasteiger partial charge in [0.15, 0.2) is 11.5 Å². The van der Waals surface area contributed by atoms with Crippen molar-refractivity contribution in [2.45, 2.75) is 19.1 Å². The van der Waals surface area contributed by atoms with Gasteiger partial charge in [-0.2, -0.15) is 0 Å². The van der Waals surface area contributed by atoms with E-state index in [1.165, 1.54) is 51.2 Å². The summed E-state index contributed by atoms with van der Waals surface area (Å²) in [6, 6.07) is 19.9. The molecule has 0 aliphatic rings. The van der Waals surface area contributed by atoms with E-state index in [0.29, 0.717) is 33.8 Å². The van der Waals surface area contributed by atoms with Crippen molar-refractivity contribution in [2.75, 3.05) is 40.9 Å². The molecule has 244 valence electrons. The summed E-state index contributed by atoms with van der Waals surface area (Å²) >= 11 is 0. The minimum Gasteiger partial charge on any atom is -0.497 e. The van der Waals surface area contributed by atoms with Gasteiger partial charge >= 0.3 is 0 Å². The minimum atomic E-state index is -1.35. The van der Waals surface area contributed by atoms with Crippen LogP contribution in [0.1, 0.15) is 17.2 Å². The molecule has 0 radical (unpaired) electrons. The minimum absolute atomic E-state index is 0.191. The molecule has 0 saturated carbocycles. The van der Waals surface area contributed by atoms with Crippen molar-refractivity contribution in [3.05, 3.63) is 95.8 Å². The van der Waals surface area contributed by atoms with Crippen LogP contribution in [0.2, 0.25) is 0 Å². The molecule has 0 aliphatic carbocycles. The van der Waals surface area contributed by atoms with Gasteiger partial charge in [-0.25, -0.2) is 9.07 Å². The summed E-state index contributed by atoms with van der Waals surface area (Å²) in [4.78, 5) is 30.2. The van der Waals surface area contributed by atoms with Gasteiger partial charge in [0.25, 0.3) is 5.91 Å². The highest BCUT2D eigenvalue weighted by molar-refractivity contribution is 5.99. The van der Waals surface area contributed by atoms with E-state index in [4.69, 9.17) is 23.7 Å². The maximum absolute atomic E-state index is 15.2. The van der Waals surface area contributed by atoms with Crippen molar-refractivity contribution < 1.29 is 37.7 Å². The molecule has 5 aromatic rings. The maximum atomic E-state index is 15.2. The van der Waals surface area contributed by atoms with Crippen molar-refractivity contribution >= 4 is 28.5 Å². The number of halogens is 1. The molecule has 0 bridgehead atoms. The number of hydrogen-bond acceptors (Lipinski definition) is 9. The number of carbonyl (C=O) groups excluding carboxylic acids is 2. The largest absolute Gasteiger partial charge is 0.497 e. The number of methoxy groups -OCH3 is 5. The van der Waals surface area contributed by atoms with E-state index in [1.807, 2.05) is 6.07 Å². The number of benzene rings is 4. The monoisotopic (exact) mass is 643 g/mol. The van der Waals surface area contributed by atoms with Gasteiger partial charge in [0.05, 0.1) is 46.8 Å². The SMILES string of the molecule is COc1ccc(NC(=O)C(c2cc(OC)c(OC)c(OC)c2)N(Cc2ccccc2F)C(=O)Cn2nnc3ccccc32)c(OC)c1. The Balaban J connectivity index is 1.67. The zero-order valence-electron chi connectivity index (χ0n) is 26.5. The lowest BCUT2D eigenvalue weighted by molar-refractivity contribution is -0.140. The molecule has 13 heteroatoms. The van der Waals surface area contributed by atoms with Crippen molar-refractivity contribution in [3.8, 4) is 28.7 Å². The fourth-order valence-corrected chi connectivity index (χ4v) is 5.22. The number of amides is 2. The second-order valence-corrected chi connectivity index (χ2v) is 10.3. The Morgan fingerprint density at radius 3 is 2.17 bits per heavy atom. The summed E-state index contributed by atoms with van der Waals surface area (Å²) in [5.41, 5.74) is 2.01. The molecule has 4 aromatic carbocycles. The average Bonchev–Trinajstić information content (AvgIpc) is 3.50. The molecule has 1 atom stereocenters. The topological polar surface area (TPSA) is 126 Å². The van der Waals surface area contributed by atoms with Gasteiger partial charge in [0.2, 0.25) is 11.7 Å². The molecule has 5 rings (SSSR count). The Labute approximate surface area is 270 Å². The zero-order chi connectivity index (χ0) is 33.5. The van der Waals surface area contributed by atoms with Crippen LogP contribution in [0.4, 0.5) is 10.1 Å². The molecule has 2 amide bonds. The normalized spacial score (nSPS) is 11.4. The molecule has 1 heterocycles. The van der Waals surface area contributed by atoms with Crippen molar-refractivity contribution in [2.24, 2.45) is 0 Å². The first kappa shape index (κ1) is 32.5. The van der Waals surface area contributed by atoms with Gasteiger partial charge in [-0.05, 0) is 48.0 Å². The molecular weight excluding hydrogens is 609 g/mol. The molecular formula is C34H34FN5O7. The summed E-state index contributed by atoms with van der Waals surface area (Å²) in [6.07, 6.45) is 0. The number of ether oxygens (including phenoxy) is 5. The fourth-order valence-electron chi connectivity index (χ4n) is 5.22. The smallest absolute Gasteiger partial charge is 0.251 e. The molecule has 1 unspecified atom stereocenters. The van der Waals surface area contributed by atoms with Crippen molar-refractivity contribution in [1.82, 2.24) is 19.9 Å². The first-order chi connectivity index (χ1) is 22.8. The first-order valence-corrected chi connectivity index (χ1v) is 14.5. The molecule has 1 aromatic heterocycles. The predicted octanol–water partition coefficient (Wildman–Crippen LogP) is 5.02. The quantitative estimate of drug-likeness (QED) is 0.188. The van der Waals surface area contributed by atoms with Crippen LogP contribution in [0.25, 0.3) is 11.0 Å². The second-order valence-electron chi connectivity index (χ2n) is 10.3. The van der Waals surface area contributed by atoms with E-state index >= 15 is 4.39 Å². The van der Waals surface area contributed by atoms with Crippen molar-refractivity contribution in [3.63, 3.8) is 0 Å². The van der Waals surface area contributed by atoms with E-state index in [2.05, 4.69) is 15.6 Å². The highest BCUT2D eigenvalue weighted by Gasteiger charge is 2.35. The first-order valence-electron chi connectivity index (χ1n) is 14.5. The number of fused-ring (bicyclic) bond motifs is 1. The Morgan fingerprint density at radius 1 is 0.830 bits per heavy atom. The molecule has 1 N–H and O–H groups in total. The predicted molar refractivity (Wildman–Crippen MR) is 171 cm³/mol. The Morgan fingerprint density at radius 2 is 1.51 bits per heavy atom. The Bertz CT molecular complexity index is 1870. The number of nitrogens with one attached hydrogen (secondary N) is 1. The van der Waals surface area contributed by atoms with Gasteiger partial charge < -0.3 is 33.9 Å². The van der Waals surface area contributed by atoms with E-state index < -0.39 is 23.7 Å². The van der Waals surface area contributed by atoms with Gasteiger partial charge in [-0.1, -0.05) is 35.5 Å². The van der Waals surface area contributed by atoms with Crippen LogP contribution < -0.4 is 29.0 Å². The third-order valence-electron chi connectivity index (χ3n) is 7.55. The lowest BCUT2D eigenvalue weighted by atomic mass is 10.0. The van der Waals surface area contributed by atoms with Crippen LogP contribution in [0.15, 0.2) is 78.9 Å². The number of hydrogen-bond donors (Lipinski definition) is 1. The lowest BCUT2D eigenvalue weighted by Crippen LogP contribution is -2.42. The summed E-state index contributed by atoms with van der Waals surface area (Å²) in [5.74, 6) is -0.0899. The number of rotatable bonds is 13. The standard InChI is InChI=1S/C34H34FN5O7/c1-43-23-14-15-26(28(18-23)44-2)36-34(42)32(22-16-29(45-3)33(47-5)30(17-22)46-4)39(19-21-10-6-7-11-24(21)35)31(41)20-40-27-13-9-8-12-25(27)37-38-40/h6-18,32H,19-20H2,1-5H3,(H,36,42). The number of aromatic nitrogens is 3. The number of para-hydroxylation sites is 1. The molecule has 47 heavy (non-hydrogen) atoms. The average molecular weight is 644 g/mol. The Hall–Kier alpha value is -5.85. The highest BCUT2D eigenvalue weighted by atomic mass is 19.1. The number of carbonyl (C=O) groups is 2. The summed E-state index contributed by atoms with van der Waals surface area (Å²) in [5, 5.41) is 11.2. The van der Waals surface area contributed by atoms with Gasteiger partial charge in [0.1, 0.15) is 35.4 Å². The van der Waals surface area contributed by atoms with E-state index in [-0.39, 0.29) is 35.9 Å². The number of nitrogens with zero attached hydrogens (tertiary/aromatic N) is 4. The van der Waals surface area contributed by atoms with Crippen LogP contribution in [-0.4, -0.2) is 67.3 Å². The third-order valence-corrected chi connectivity index (χ3v) is 7.55. The summed E-state index contributed by atoms with van der Waals surface area (Å²) in [7, 11) is 7.30. The zero-order valence-corrected chi connectivity index (χ0v) is 26.5. The number of anilines is 1. The van der Waals surface area contributed by atoms with Crippen LogP contribution in [0.3, 0.4) is 0 Å². The molecule has 0 fully saturated rings. The highest BCUT2D eigenvalue weighted by Crippen LogP contribution is 2.42. The molecule has 0 spiro atoms. The lowest BCUT2D eigenvalue weighted by Gasteiger charge is -2.32. The fraction of sp³-hybridized carbons (Fsp3) is 0.235. The van der Waals surface area contributed by atoms with Gasteiger partial charge in [-0.3, -0.25) is 9.59 Å². The van der Waals surface area contributed by atoms with Crippen LogP contribution in [0.5, 0.6) is 28.7 Å². The summed E-state index contributed by atoms with van der Waals surface area (Å²) < 4.78 is 44.1. The van der Waals surface area contributed by atoms with Crippen molar-refractivity contribution in [1.29, 1.82) is 0 Å². The van der Waals surface area contributed by atoms with E-state index in [0.717, 1.165) is 0 Å².